The molecule has 0 radical (unpaired) electrons. The fourth-order valence-corrected chi connectivity index (χ4v) is 1.67. The van der Waals surface area contributed by atoms with Crippen molar-refractivity contribution in [3.8, 4) is 0 Å². The van der Waals surface area contributed by atoms with Gasteiger partial charge in [-0.2, -0.15) is 0 Å². The van der Waals surface area contributed by atoms with E-state index < -0.39 is 0 Å². The molecule has 0 saturated carbocycles. The Morgan fingerprint density at radius 2 is 1.88 bits per heavy atom. The van der Waals surface area contributed by atoms with Crippen LogP contribution in [0.2, 0.25) is 5.02 Å². The van der Waals surface area contributed by atoms with Gasteiger partial charge in [-0.05, 0) is 24.3 Å². The van der Waals surface area contributed by atoms with Crippen molar-refractivity contribution in [2.24, 2.45) is 0 Å². The molecule has 1 aromatic heterocycles. The first-order valence-corrected chi connectivity index (χ1v) is 5.69. The lowest BCUT2D eigenvalue weighted by Gasteiger charge is -2.17. The number of hydrogen-bond donors (Lipinski definition) is 1. The summed E-state index contributed by atoms with van der Waals surface area (Å²) in [5, 5.41) is 3.91. The minimum atomic E-state index is 0.636. The third-order valence-corrected chi connectivity index (χ3v) is 2.60. The normalized spacial score (nSPS) is 10.1. The molecular weight excluding hydrogens is 234 g/mol. The van der Waals surface area contributed by atoms with Crippen LogP contribution in [-0.2, 0) is 0 Å². The van der Waals surface area contributed by atoms with E-state index in [1.165, 1.54) is 0 Å². The van der Waals surface area contributed by atoms with E-state index in [1.807, 2.05) is 44.4 Å². The fourth-order valence-electron chi connectivity index (χ4n) is 1.56. The van der Waals surface area contributed by atoms with Gasteiger partial charge in [-0.25, -0.2) is 4.98 Å². The Kier molecular flexibility index (Phi) is 3.49. The van der Waals surface area contributed by atoms with E-state index in [2.05, 4.69) is 21.3 Å². The first-order chi connectivity index (χ1) is 8.16. The summed E-state index contributed by atoms with van der Waals surface area (Å²) in [5.74, 6) is 0.781. The maximum Gasteiger partial charge on any atom is 0.130 e. The first-order valence-electron chi connectivity index (χ1n) is 5.32. The van der Waals surface area contributed by atoms with Crippen molar-refractivity contribution in [3.63, 3.8) is 0 Å². The van der Waals surface area contributed by atoms with Gasteiger partial charge in [-0.1, -0.05) is 23.7 Å². The molecule has 1 heterocycles. The third-order valence-electron chi connectivity index (χ3n) is 2.38. The Balaban J connectivity index is 2.26. The molecule has 0 unspecified atom stereocenters. The van der Waals surface area contributed by atoms with Gasteiger partial charge in [0, 0.05) is 20.3 Å². The van der Waals surface area contributed by atoms with Crippen LogP contribution in [0.4, 0.5) is 17.2 Å². The summed E-state index contributed by atoms with van der Waals surface area (Å²) in [7, 11) is 4.02. The number of pyridine rings is 1. The summed E-state index contributed by atoms with van der Waals surface area (Å²) in [6.07, 6.45) is 1.63. The summed E-state index contributed by atoms with van der Waals surface area (Å²) in [4.78, 5) is 6.27. The number of halogens is 1. The van der Waals surface area contributed by atoms with Gasteiger partial charge in [0.15, 0.2) is 0 Å². The van der Waals surface area contributed by atoms with E-state index in [0.717, 1.165) is 17.2 Å². The molecule has 0 saturated heterocycles. The fraction of sp³-hybridized carbons (Fsp3) is 0.154. The van der Waals surface area contributed by atoms with Crippen molar-refractivity contribution in [3.05, 3.63) is 47.6 Å². The highest BCUT2D eigenvalue weighted by Gasteiger charge is 2.03. The zero-order valence-electron chi connectivity index (χ0n) is 9.81. The van der Waals surface area contributed by atoms with Gasteiger partial charge in [0.05, 0.1) is 16.4 Å². The molecule has 1 aromatic carbocycles. The van der Waals surface area contributed by atoms with Crippen molar-refractivity contribution in [2.45, 2.75) is 0 Å². The number of aromatic nitrogens is 1. The largest absolute Gasteiger partial charge is 0.376 e. The molecular formula is C13H14ClN3. The van der Waals surface area contributed by atoms with E-state index in [4.69, 9.17) is 11.6 Å². The van der Waals surface area contributed by atoms with Crippen LogP contribution in [0, 0.1) is 0 Å². The van der Waals surface area contributed by atoms with Gasteiger partial charge in [0.2, 0.25) is 0 Å². The summed E-state index contributed by atoms with van der Waals surface area (Å²) in [6, 6.07) is 11.7. The van der Waals surface area contributed by atoms with Gasteiger partial charge >= 0.3 is 0 Å². The van der Waals surface area contributed by atoms with Crippen molar-refractivity contribution < 1.29 is 0 Å². The summed E-state index contributed by atoms with van der Waals surface area (Å²) in [6.45, 7) is 0. The smallest absolute Gasteiger partial charge is 0.130 e. The molecule has 17 heavy (non-hydrogen) atoms. The molecule has 88 valence electrons. The molecule has 0 aliphatic carbocycles. The van der Waals surface area contributed by atoms with Crippen LogP contribution in [0.25, 0.3) is 0 Å². The number of nitrogens with one attached hydrogen (secondary N) is 1. The van der Waals surface area contributed by atoms with E-state index in [1.54, 1.807) is 6.20 Å². The highest BCUT2D eigenvalue weighted by Crippen LogP contribution is 2.26. The third kappa shape index (κ3) is 2.88. The topological polar surface area (TPSA) is 28.2 Å². The zero-order valence-corrected chi connectivity index (χ0v) is 10.6. The van der Waals surface area contributed by atoms with Crippen LogP contribution < -0.4 is 10.2 Å². The summed E-state index contributed by atoms with van der Waals surface area (Å²) < 4.78 is 0. The Bertz CT molecular complexity index is 494. The van der Waals surface area contributed by atoms with Crippen LogP contribution in [0.3, 0.4) is 0 Å². The van der Waals surface area contributed by atoms with Crippen molar-refractivity contribution in [1.82, 2.24) is 4.98 Å². The molecule has 2 rings (SSSR count). The standard InChI is InChI=1S/C13H14ClN3/c1-17(2)12-6-4-3-5-11(12)16-13-8-7-10(14)9-15-13/h3-9H,1-2H3,(H,15,16). The Labute approximate surface area is 106 Å². The Hall–Kier alpha value is -1.74. The predicted molar refractivity (Wildman–Crippen MR) is 73.3 cm³/mol. The average Bonchev–Trinajstić information content (AvgIpc) is 2.32. The lowest BCUT2D eigenvalue weighted by molar-refractivity contribution is 1.13. The summed E-state index contributed by atoms with van der Waals surface area (Å²) >= 11 is 5.80. The molecule has 0 aliphatic rings. The highest BCUT2D eigenvalue weighted by atomic mass is 35.5. The molecule has 0 amide bonds. The monoisotopic (exact) mass is 247 g/mol. The number of anilines is 3. The molecule has 2 aromatic rings. The Morgan fingerprint density at radius 1 is 1.12 bits per heavy atom. The van der Waals surface area contributed by atoms with Gasteiger partial charge in [-0.15, -0.1) is 0 Å². The predicted octanol–water partition coefficient (Wildman–Crippen LogP) is 3.54. The lowest BCUT2D eigenvalue weighted by atomic mass is 10.2. The van der Waals surface area contributed by atoms with Crippen LogP contribution in [-0.4, -0.2) is 19.1 Å². The van der Waals surface area contributed by atoms with Gasteiger partial charge < -0.3 is 10.2 Å². The van der Waals surface area contributed by atoms with Gasteiger partial charge in [0.1, 0.15) is 5.82 Å². The van der Waals surface area contributed by atoms with Crippen molar-refractivity contribution in [1.29, 1.82) is 0 Å². The molecule has 0 aliphatic heterocycles. The second-order valence-corrected chi connectivity index (χ2v) is 4.33. The molecule has 0 atom stereocenters. The quantitative estimate of drug-likeness (QED) is 0.899. The maximum absolute atomic E-state index is 5.80. The maximum atomic E-state index is 5.80. The molecule has 4 heteroatoms. The molecule has 0 fully saturated rings. The molecule has 0 bridgehead atoms. The molecule has 0 spiro atoms. The lowest BCUT2D eigenvalue weighted by Crippen LogP contribution is -2.10. The number of hydrogen-bond acceptors (Lipinski definition) is 3. The Morgan fingerprint density at radius 3 is 2.53 bits per heavy atom. The van der Waals surface area contributed by atoms with Crippen LogP contribution in [0.5, 0.6) is 0 Å². The SMILES string of the molecule is CN(C)c1ccccc1Nc1ccc(Cl)cn1. The van der Waals surface area contributed by atoms with Crippen LogP contribution >= 0.6 is 11.6 Å². The molecule has 1 N–H and O–H groups in total. The summed E-state index contributed by atoms with van der Waals surface area (Å²) in [5.41, 5.74) is 2.14. The van der Waals surface area contributed by atoms with Crippen molar-refractivity contribution in [2.75, 3.05) is 24.3 Å². The minimum absolute atomic E-state index is 0.636. The van der Waals surface area contributed by atoms with Gasteiger partial charge in [-0.3, -0.25) is 0 Å². The highest BCUT2D eigenvalue weighted by molar-refractivity contribution is 6.30. The number of nitrogens with zero attached hydrogens (tertiary/aromatic N) is 2. The zero-order chi connectivity index (χ0) is 12.3. The second-order valence-electron chi connectivity index (χ2n) is 3.90. The number of rotatable bonds is 3. The van der Waals surface area contributed by atoms with E-state index in [0.29, 0.717) is 5.02 Å². The van der Waals surface area contributed by atoms with E-state index in [-0.39, 0.29) is 0 Å². The number of para-hydroxylation sites is 2. The minimum Gasteiger partial charge on any atom is -0.376 e. The van der Waals surface area contributed by atoms with E-state index in [9.17, 15) is 0 Å². The van der Waals surface area contributed by atoms with Gasteiger partial charge in [0.25, 0.3) is 0 Å². The van der Waals surface area contributed by atoms with Crippen LogP contribution in [0.15, 0.2) is 42.6 Å². The van der Waals surface area contributed by atoms with Crippen LogP contribution in [0.1, 0.15) is 0 Å². The molecule has 3 nitrogen and oxygen atoms in total. The first kappa shape index (κ1) is 11.7. The second kappa shape index (κ2) is 5.06. The van der Waals surface area contributed by atoms with Crippen molar-refractivity contribution >= 4 is 28.8 Å². The van der Waals surface area contributed by atoms with E-state index >= 15 is 0 Å². The number of benzene rings is 1. The average molecular weight is 248 g/mol.